The van der Waals surface area contributed by atoms with Gasteiger partial charge in [0, 0.05) is 0 Å². The molecular formula is C31H41F3. The van der Waals surface area contributed by atoms with Crippen LogP contribution in [0.1, 0.15) is 119 Å². The Morgan fingerprint density at radius 3 is 1.91 bits per heavy atom. The van der Waals surface area contributed by atoms with Crippen molar-refractivity contribution in [1.29, 1.82) is 0 Å². The van der Waals surface area contributed by atoms with Crippen molar-refractivity contribution in [2.75, 3.05) is 0 Å². The first kappa shape index (κ1) is 25.3. The number of hydrogen-bond donors (Lipinski definition) is 0. The lowest BCUT2D eigenvalue weighted by Crippen LogP contribution is -2.16. The summed E-state index contributed by atoms with van der Waals surface area (Å²) in [5, 5.41) is 0. The highest BCUT2D eigenvalue weighted by Crippen LogP contribution is 2.40. The quantitative estimate of drug-likeness (QED) is 0.360. The Morgan fingerprint density at radius 1 is 0.676 bits per heavy atom. The minimum absolute atomic E-state index is 0.0600. The van der Waals surface area contributed by atoms with Gasteiger partial charge in [0.25, 0.3) is 0 Å². The average molecular weight is 471 g/mol. The van der Waals surface area contributed by atoms with Crippen molar-refractivity contribution >= 4 is 0 Å². The van der Waals surface area contributed by atoms with Crippen LogP contribution in [0, 0.1) is 29.3 Å². The molecule has 0 heterocycles. The maximum Gasteiger partial charge on any atom is 0.162 e. The molecule has 0 nitrogen and oxygen atoms in total. The molecule has 3 heteroatoms. The Balaban J connectivity index is 1.30. The zero-order valence-electron chi connectivity index (χ0n) is 21.0. The first-order valence-corrected chi connectivity index (χ1v) is 13.7. The summed E-state index contributed by atoms with van der Waals surface area (Å²) in [6.45, 7) is 4.33. The number of hydrogen-bond acceptors (Lipinski definition) is 0. The predicted molar refractivity (Wildman–Crippen MR) is 135 cm³/mol. The van der Waals surface area contributed by atoms with Gasteiger partial charge >= 0.3 is 0 Å². The third kappa shape index (κ3) is 5.89. The number of halogens is 3. The summed E-state index contributed by atoms with van der Waals surface area (Å²) in [4.78, 5) is 0. The summed E-state index contributed by atoms with van der Waals surface area (Å²) in [6.07, 6.45) is 12.8. The predicted octanol–water partition coefficient (Wildman–Crippen LogP) is 9.65. The first-order chi connectivity index (χ1) is 16.5. The lowest BCUT2D eigenvalue weighted by molar-refractivity contribution is 0.304. The van der Waals surface area contributed by atoms with Gasteiger partial charge in [-0.15, -0.1) is 0 Å². The molecule has 2 aromatic rings. The van der Waals surface area contributed by atoms with E-state index in [0.717, 1.165) is 87.7 Å². The smallest absolute Gasteiger partial charge is 0.162 e. The van der Waals surface area contributed by atoms with Crippen molar-refractivity contribution < 1.29 is 13.2 Å². The average Bonchev–Trinajstić information content (AvgIpc) is 2.86. The van der Waals surface area contributed by atoms with Gasteiger partial charge in [-0.3, -0.25) is 0 Å². The fraction of sp³-hybridized carbons (Fsp3) is 0.613. The van der Waals surface area contributed by atoms with Crippen LogP contribution in [0.3, 0.4) is 0 Å². The van der Waals surface area contributed by atoms with E-state index in [-0.39, 0.29) is 17.7 Å². The van der Waals surface area contributed by atoms with E-state index < -0.39 is 11.6 Å². The normalized spacial score (nSPS) is 25.4. The van der Waals surface area contributed by atoms with Crippen molar-refractivity contribution in [2.24, 2.45) is 11.8 Å². The highest BCUT2D eigenvalue weighted by atomic mass is 19.2. The van der Waals surface area contributed by atoms with E-state index in [4.69, 9.17) is 0 Å². The largest absolute Gasteiger partial charge is 0.207 e. The molecule has 0 atom stereocenters. The standard InChI is InChI=1S/C31H41F3/c1-3-5-23-11-18-27(29(32)20-23)24-14-8-22(9-15-24)10-16-26-17-19-28(31(34)30(26)33)25-12-6-21(4-2)7-13-25/h11,17-22,24-25H,3-10,12-16H2,1-2H3. The number of benzene rings is 2. The van der Waals surface area contributed by atoms with Crippen LogP contribution in [-0.2, 0) is 12.8 Å². The fourth-order valence-electron chi connectivity index (χ4n) is 6.46. The molecule has 34 heavy (non-hydrogen) atoms. The van der Waals surface area contributed by atoms with Crippen molar-refractivity contribution in [3.05, 3.63) is 70.0 Å². The molecule has 0 aliphatic heterocycles. The van der Waals surface area contributed by atoms with E-state index in [2.05, 4.69) is 19.9 Å². The van der Waals surface area contributed by atoms with Gasteiger partial charge in [0.2, 0.25) is 0 Å². The van der Waals surface area contributed by atoms with Crippen LogP contribution in [0.4, 0.5) is 13.2 Å². The second-order valence-electron chi connectivity index (χ2n) is 10.9. The molecule has 2 aromatic carbocycles. The van der Waals surface area contributed by atoms with Gasteiger partial charge in [-0.05, 0) is 123 Å². The molecule has 2 fully saturated rings. The minimum Gasteiger partial charge on any atom is -0.207 e. The SMILES string of the molecule is CCCc1ccc(C2CCC(CCc3ccc(C4CCC(CC)CC4)c(F)c3F)CC2)c(F)c1. The van der Waals surface area contributed by atoms with Gasteiger partial charge < -0.3 is 0 Å². The Bertz CT molecular complexity index is 934. The molecule has 0 radical (unpaired) electrons. The van der Waals surface area contributed by atoms with Crippen LogP contribution < -0.4 is 0 Å². The second-order valence-corrected chi connectivity index (χ2v) is 10.9. The molecule has 0 saturated heterocycles. The van der Waals surface area contributed by atoms with Crippen LogP contribution in [0.5, 0.6) is 0 Å². The maximum absolute atomic E-state index is 14.9. The van der Waals surface area contributed by atoms with Crippen LogP contribution in [0.2, 0.25) is 0 Å². The van der Waals surface area contributed by atoms with E-state index in [9.17, 15) is 13.2 Å². The lowest BCUT2D eigenvalue weighted by Gasteiger charge is -2.29. The molecule has 0 amide bonds. The number of aryl methyl sites for hydroxylation is 2. The fourth-order valence-corrected chi connectivity index (χ4v) is 6.46. The molecule has 2 saturated carbocycles. The molecule has 2 aliphatic rings. The van der Waals surface area contributed by atoms with Gasteiger partial charge in [0.15, 0.2) is 11.6 Å². The van der Waals surface area contributed by atoms with E-state index in [1.807, 2.05) is 18.2 Å². The molecule has 4 rings (SSSR count). The molecule has 2 aliphatic carbocycles. The van der Waals surface area contributed by atoms with E-state index >= 15 is 0 Å². The van der Waals surface area contributed by atoms with Gasteiger partial charge in [-0.2, -0.15) is 0 Å². The van der Waals surface area contributed by atoms with Gasteiger partial charge in [-0.25, -0.2) is 13.2 Å². The summed E-state index contributed by atoms with van der Waals surface area (Å²) in [5.74, 6) is 0.401. The van der Waals surface area contributed by atoms with E-state index in [1.165, 1.54) is 6.42 Å². The summed E-state index contributed by atoms with van der Waals surface area (Å²) >= 11 is 0. The van der Waals surface area contributed by atoms with Crippen molar-refractivity contribution in [1.82, 2.24) is 0 Å². The van der Waals surface area contributed by atoms with Crippen LogP contribution in [-0.4, -0.2) is 0 Å². The lowest BCUT2D eigenvalue weighted by atomic mass is 9.76. The zero-order chi connectivity index (χ0) is 24.1. The molecule has 186 valence electrons. The van der Waals surface area contributed by atoms with Gasteiger partial charge in [-0.1, -0.05) is 51.0 Å². The van der Waals surface area contributed by atoms with Crippen molar-refractivity contribution in [3.8, 4) is 0 Å². The molecule has 0 unspecified atom stereocenters. The molecule has 0 N–H and O–H groups in total. The Hall–Kier alpha value is -1.77. The Morgan fingerprint density at radius 2 is 1.29 bits per heavy atom. The summed E-state index contributed by atoms with van der Waals surface area (Å²) in [7, 11) is 0. The molecular weight excluding hydrogens is 429 g/mol. The summed E-state index contributed by atoms with van der Waals surface area (Å²) < 4.78 is 44.5. The monoisotopic (exact) mass is 470 g/mol. The molecule has 0 spiro atoms. The molecule has 0 bridgehead atoms. The summed E-state index contributed by atoms with van der Waals surface area (Å²) in [6, 6.07) is 9.45. The Kier molecular flexibility index (Phi) is 8.77. The van der Waals surface area contributed by atoms with Gasteiger partial charge in [0.05, 0.1) is 0 Å². The number of rotatable bonds is 8. The van der Waals surface area contributed by atoms with Crippen LogP contribution >= 0.6 is 0 Å². The molecule has 0 aromatic heterocycles. The highest BCUT2D eigenvalue weighted by Gasteiger charge is 2.27. The minimum atomic E-state index is -0.627. The van der Waals surface area contributed by atoms with Gasteiger partial charge in [0.1, 0.15) is 5.82 Å². The third-order valence-electron chi connectivity index (χ3n) is 8.77. The van der Waals surface area contributed by atoms with E-state index in [1.54, 1.807) is 6.07 Å². The van der Waals surface area contributed by atoms with E-state index in [0.29, 0.717) is 23.5 Å². The van der Waals surface area contributed by atoms with Crippen molar-refractivity contribution in [2.45, 2.75) is 109 Å². The summed E-state index contributed by atoms with van der Waals surface area (Å²) in [5.41, 5.74) is 3.04. The second kappa shape index (κ2) is 11.8. The Labute approximate surface area is 204 Å². The van der Waals surface area contributed by atoms with Crippen LogP contribution in [0.15, 0.2) is 30.3 Å². The zero-order valence-corrected chi connectivity index (χ0v) is 21.0. The highest BCUT2D eigenvalue weighted by molar-refractivity contribution is 5.30. The van der Waals surface area contributed by atoms with Crippen molar-refractivity contribution in [3.63, 3.8) is 0 Å². The first-order valence-electron chi connectivity index (χ1n) is 13.7. The maximum atomic E-state index is 14.9. The van der Waals surface area contributed by atoms with Crippen LogP contribution in [0.25, 0.3) is 0 Å². The third-order valence-corrected chi connectivity index (χ3v) is 8.77. The topological polar surface area (TPSA) is 0 Å².